The van der Waals surface area contributed by atoms with E-state index in [-0.39, 0.29) is 17.6 Å². The summed E-state index contributed by atoms with van der Waals surface area (Å²) >= 11 is 1.34. The smallest absolute Gasteiger partial charge is 0.262 e. The summed E-state index contributed by atoms with van der Waals surface area (Å²) in [5, 5.41) is 9.70. The summed E-state index contributed by atoms with van der Waals surface area (Å²) < 4.78 is 15.6. The fraction of sp³-hybridized carbons (Fsp3) is 0.222. The van der Waals surface area contributed by atoms with E-state index in [4.69, 9.17) is 5.10 Å². The third-order valence-corrected chi connectivity index (χ3v) is 7.35. The van der Waals surface area contributed by atoms with Crippen LogP contribution >= 0.6 is 11.3 Å². The molecule has 1 aliphatic heterocycles. The Bertz CT molecular complexity index is 1390. The number of carbonyl (C=O) groups excluding carboxylic acids is 2. The number of halogens is 1. The maximum absolute atomic E-state index is 13.9. The summed E-state index contributed by atoms with van der Waals surface area (Å²) in [7, 11) is 0. The quantitative estimate of drug-likeness (QED) is 0.431. The number of aryl methyl sites for hydroxylation is 2. The maximum atomic E-state index is 13.9. The van der Waals surface area contributed by atoms with Gasteiger partial charge in [0.1, 0.15) is 17.7 Å². The monoisotopic (exact) mass is 488 g/mol. The first-order chi connectivity index (χ1) is 16.9. The van der Waals surface area contributed by atoms with Crippen LogP contribution in [0.5, 0.6) is 0 Å². The van der Waals surface area contributed by atoms with Crippen LogP contribution in [0.25, 0.3) is 5.69 Å². The molecule has 3 heterocycles. The standard InChI is InChI=1S/C27H25FN4O2S/c1-4-31-26-22(17(3)30-32(26)20-8-6-5-7-9-20)23(18-10-12-19(28)13-11-18)24(27(31)34)29-25(33)21-14-16(2)15-35-21/h5-15,23-24H,4H2,1-3H3,(H,29,33)/t23-,24-/m0/s1. The fourth-order valence-corrected chi connectivity index (χ4v) is 5.53. The van der Waals surface area contributed by atoms with E-state index in [1.54, 1.807) is 21.7 Å². The van der Waals surface area contributed by atoms with E-state index in [9.17, 15) is 14.0 Å². The molecule has 0 fully saturated rings. The predicted octanol–water partition coefficient (Wildman–Crippen LogP) is 4.99. The van der Waals surface area contributed by atoms with Gasteiger partial charge in [0.2, 0.25) is 0 Å². The summed E-state index contributed by atoms with van der Waals surface area (Å²) in [6, 6.07) is 16.7. The minimum atomic E-state index is -0.866. The van der Waals surface area contributed by atoms with Crippen LogP contribution in [0.4, 0.5) is 10.2 Å². The molecule has 0 bridgehead atoms. The van der Waals surface area contributed by atoms with Crippen molar-refractivity contribution in [2.45, 2.75) is 32.7 Å². The van der Waals surface area contributed by atoms with Gasteiger partial charge >= 0.3 is 0 Å². The second kappa shape index (κ2) is 9.11. The molecule has 1 N–H and O–H groups in total. The number of rotatable bonds is 5. The van der Waals surface area contributed by atoms with E-state index >= 15 is 0 Å². The molecule has 0 radical (unpaired) electrons. The highest BCUT2D eigenvalue weighted by molar-refractivity contribution is 7.12. The van der Waals surface area contributed by atoms with E-state index in [1.807, 2.05) is 62.5 Å². The predicted molar refractivity (Wildman–Crippen MR) is 135 cm³/mol. The number of fused-ring (bicyclic) bond motifs is 1. The molecule has 2 amide bonds. The molecule has 6 nitrogen and oxygen atoms in total. The summed E-state index contributed by atoms with van der Waals surface area (Å²) in [5.41, 5.74) is 4.14. The molecule has 2 atom stereocenters. The number of carbonyl (C=O) groups is 2. The van der Waals surface area contributed by atoms with Gasteiger partial charge in [0.05, 0.1) is 16.3 Å². The second-order valence-corrected chi connectivity index (χ2v) is 9.53. The molecular weight excluding hydrogens is 463 g/mol. The summed E-state index contributed by atoms with van der Waals surface area (Å²) in [6.45, 7) is 6.14. The Morgan fingerprint density at radius 1 is 1.11 bits per heavy atom. The lowest BCUT2D eigenvalue weighted by Gasteiger charge is -2.38. The summed E-state index contributed by atoms with van der Waals surface area (Å²) in [4.78, 5) is 29.3. The molecule has 0 spiro atoms. The van der Waals surface area contributed by atoms with Crippen molar-refractivity contribution in [3.05, 3.63) is 99.1 Å². The SMILES string of the molecule is CCN1C(=O)[C@@H](NC(=O)c2cc(C)cs2)[C@@H](c2ccc(F)cc2)c2c(C)nn(-c3ccccc3)c21. The van der Waals surface area contributed by atoms with E-state index in [0.29, 0.717) is 17.2 Å². The highest BCUT2D eigenvalue weighted by Gasteiger charge is 2.45. The Morgan fingerprint density at radius 3 is 2.46 bits per heavy atom. The number of likely N-dealkylation sites (N-methyl/N-ethyl adjacent to an activating group) is 1. The Labute approximate surface area is 207 Å². The van der Waals surface area contributed by atoms with Crippen LogP contribution in [-0.4, -0.2) is 34.2 Å². The molecule has 5 rings (SSSR count). The molecule has 2 aromatic carbocycles. The van der Waals surface area contributed by atoms with Crippen LogP contribution < -0.4 is 10.2 Å². The van der Waals surface area contributed by atoms with Gasteiger partial charge in [0.15, 0.2) is 0 Å². The largest absolute Gasteiger partial charge is 0.339 e. The normalized spacial score (nSPS) is 17.4. The Kier molecular flexibility index (Phi) is 5.98. The zero-order valence-electron chi connectivity index (χ0n) is 19.7. The van der Waals surface area contributed by atoms with Crippen LogP contribution in [0.2, 0.25) is 0 Å². The molecule has 1 aliphatic rings. The number of nitrogens with zero attached hydrogens (tertiary/aromatic N) is 3. The van der Waals surface area contributed by atoms with Gasteiger partial charge in [0, 0.05) is 18.0 Å². The molecule has 0 saturated heterocycles. The number of anilines is 1. The molecule has 0 unspecified atom stereocenters. The third kappa shape index (κ3) is 4.04. The molecule has 35 heavy (non-hydrogen) atoms. The third-order valence-electron chi connectivity index (χ3n) is 6.30. The molecule has 0 aliphatic carbocycles. The van der Waals surface area contributed by atoms with Crippen LogP contribution in [0, 0.1) is 19.7 Å². The van der Waals surface area contributed by atoms with Crippen molar-refractivity contribution in [1.82, 2.24) is 15.1 Å². The van der Waals surface area contributed by atoms with E-state index in [2.05, 4.69) is 5.32 Å². The molecule has 2 aromatic heterocycles. The minimum absolute atomic E-state index is 0.229. The van der Waals surface area contributed by atoms with Crippen molar-refractivity contribution < 1.29 is 14.0 Å². The lowest BCUT2D eigenvalue weighted by atomic mass is 9.81. The van der Waals surface area contributed by atoms with Crippen molar-refractivity contribution in [3.8, 4) is 5.69 Å². The van der Waals surface area contributed by atoms with E-state index < -0.39 is 12.0 Å². The second-order valence-electron chi connectivity index (χ2n) is 8.62. The highest BCUT2D eigenvalue weighted by Crippen LogP contribution is 2.43. The number of aromatic nitrogens is 2. The van der Waals surface area contributed by atoms with Gasteiger partial charge in [-0.05, 0) is 67.6 Å². The summed E-state index contributed by atoms with van der Waals surface area (Å²) in [6.07, 6.45) is 0. The number of hydrogen-bond donors (Lipinski definition) is 1. The van der Waals surface area contributed by atoms with Gasteiger partial charge in [0.25, 0.3) is 11.8 Å². The van der Waals surface area contributed by atoms with Crippen molar-refractivity contribution >= 4 is 29.0 Å². The van der Waals surface area contributed by atoms with Crippen molar-refractivity contribution in [3.63, 3.8) is 0 Å². The molecule has 4 aromatic rings. The molecule has 8 heteroatoms. The topological polar surface area (TPSA) is 67.2 Å². The van der Waals surface area contributed by atoms with Gasteiger partial charge in [-0.3, -0.25) is 14.5 Å². The Morgan fingerprint density at radius 2 is 1.83 bits per heavy atom. The number of para-hydroxylation sites is 1. The van der Waals surface area contributed by atoms with E-state index in [1.165, 1.54) is 23.5 Å². The lowest BCUT2D eigenvalue weighted by Crippen LogP contribution is -2.55. The number of amides is 2. The minimum Gasteiger partial charge on any atom is -0.339 e. The first-order valence-corrected chi connectivity index (χ1v) is 12.3. The van der Waals surface area contributed by atoms with Crippen molar-refractivity contribution in [2.24, 2.45) is 0 Å². The average Bonchev–Trinajstić information content (AvgIpc) is 3.44. The Hall–Kier alpha value is -3.78. The fourth-order valence-electron chi connectivity index (χ4n) is 4.72. The number of benzene rings is 2. The first-order valence-electron chi connectivity index (χ1n) is 11.5. The first kappa shape index (κ1) is 23.0. The number of thiophene rings is 1. The zero-order valence-corrected chi connectivity index (χ0v) is 20.5. The average molecular weight is 489 g/mol. The van der Waals surface area contributed by atoms with Crippen LogP contribution in [0.3, 0.4) is 0 Å². The van der Waals surface area contributed by atoms with Crippen molar-refractivity contribution in [1.29, 1.82) is 0 Å². The molecular formula is C27H25FN4O2S. The van der Waals surface area contributed by atoms with Gasteiger partial charge in [-0.15, -0.1) is 11.3 Å². The lowest BCUT2D eigenvalue weighted by molar-refractivity contribution is -0.121. The van der Waals surface area contributed by atoms with Gasteiger partial charge in [-0.1, -0.05) is 30.3 Å². The highest BCUT2D eigenvalue weighted by atomic mass is 32.1. The number of hydrogen-bond acceptors (Lipinski definition) is 4. The van der Waals surface area contributed by atoms with Gasteiger partial charge in [-0.2, -0.15) is 5.10 Å². The van der Waals surface area contributed by atoms with Gasteiger partial charge in [-0.25, -0.2) is 9.07 Å². The van der Waals surface area contributed by atoms with Crippen molar-refractivity contribution in [2.75, 3.05) is 11.4 Å². The Balaban J connectivity index is 1.69. The van der Waals surface area contributed by atoms with Crippen LogP contribution in [-0.2, 0) is 4.79 Å². The molecule has 178 valence electrons. The van der Waals surface area contributed by atoms with Crippen LogP contribution in [0.15, 0.2) is 66.0 Å². The number of nitrogens with one attached hydrogen (secondary N) is 1. The molecule has 0 saturated carbocycles. The summed E-state index contributed by atoms with van der Waals surface area (Å²) in [5.74, 6) is -0.747. The zero-order chi connectivity index (χ0) is 24.7. The van der Waals surface area contributed by atoms with Gasteiger partial charge < -0.3 is 5.32 Å². The maximum Gasteiger partial charge on any atom is 0.262 e. The van der Waals surface area contributed by atoms with E-state index in [0.717, 1.165) is 28.1 Å². The van der Waals surface area contributed by atoms with Crippen LogP contribution in [0.1, 0.15) is 44.9 Å².